The zero-order valence-electron chi connectivity index (χ0n) is 20.6. The zero-order valence-corrected chi connectivity index (χ0v) is 20.6. The maximum absolute atomic E-state index is 12.6. The molecule has 0 saturated heterocycles. The third-order valence-electron chi connectivity index (χ3n) is 5.87. The number of carbonyl (C=O) groups is 4. The van der Waals surface area contributed by atoms with Gasteiger partial charge in [-0.15, -0.1) is 0 Å². The molecule has 4 N–H and O–H groups in total. The zero-order chi connectivity index (χ0) is 28.1. The lowest BCUT2D eigenvalue weighted by Crippen LogP contribution is -2.34. The van der Waals surface area contributed by atoms with Crippen molar-refractivity contribution < 1.29 is 29.2 Å². The van der Waals surface area contributed by atoms with E-state index in [9.17, 15) is 34.4 Å². The van der Waals surface area contributed by atoms with Crippen LogP contribution in [0, 0.1) is 17.0 Å². The van der Waals surface area contributed by atoms with Crippen molar-refractivity contribution in [1.29, 1.82) is 0 Å². The standard InChI is InChI=1S/C28H22N4O7/c1-16-23-10-8-19(14-18(23)9-11-24(16)33)26(35)31-28(37)30-20-5-2-4-17(12-20)13-25(34)27(36)29-21-6-3-7-22(15-21)32(38)39/h2-12,14-15,33H,13H2,1H3,(H,29,36)(H2,30,31,35,37). The van der Waals surface area contributed by atoms with Gasteiger partial charge in [-0.05, 0) is 65.2 Å². The number of imide groups is 1. The number of rotatable bonds is 7. The molecular weight excluding hydrogens is 504 g/mol. The molecule has 0 heterocycles. The maximum atomic E-state index is 12.6. The third-order valence-corrected chi connectivity index (χ3v) is 5.87. The number of ketones is 1. The monoisotopic (exact) mass is 526 g/mol. The highest BCUT2D eigenvalue weighted by Gasteiger charge is 2.17. The quantitative estimate of drug-likeness (QED) is 0.156. The minimum absolute atomic E-state index is 0.110. The summed E-state index contributed by atoms with van der Waals surface area (Å²) < 4.78 is 0. The van der Waals surface area contributed by atoms with Crippen LogP contribution in [0.3, 0.4) is 0 Å². The van der Waals surface area contributed by atoms with Crippen molar-refractivity contribution in [2.75, 3.05) is 10.6 Å². The summed E-state index contributed by atoms with van der Waals surface area (Å²) in [6, 6.07) is 18.6. The van der Waals surface area contributed by atoms with Crippen LogP contribution in [0.4, 0.5) is 21.9 Å². The average molecular weight is 527 g/mol. The number of hydrogen-bond donors (Lipinski definition) is 4. The van der Waals surface area contributed by atoms with Crippen LogP contribution >= 0.6 is 0 Å². The normalized spacial score (nSPS) is 10.5. The first-order chi connectivity index (χ1) is 18.6. The predicted octanol–water partition coefficient (Wildman–Crippen LogP) is 4.47. The molecule has 4 rings (SSSR count). The number of phenolic OH excluding ortho intramolecular Hbond substituents is 1. The Kier molecular flexibility index (Phi) is 7.62. The summed E-state index contributed by atoms with van der Waals surface area (Å²) in [5.74, 6) is -2.23. The fraction of sp³-hybridized carbons (Fsp3) is 0.0714. The number of phenols is 1. The number of nitro groups is 1. The molecule has 4 amide bonds. The van der Waals surface area contributed by atoms with Gasteiger partial charge in [0.05, 0.1) is 4.92 Å². The first kappa shape index (κ1) is 26.5. The lowest BCUT2D eigenvalue weighted by molar-refractivity contribution is -0.384. The summed E-state index contributed by atoms with van der Waals surface area (Å²) in [5.41, 5.74) is 1.51. The van der Waals surface area contributed by atoms with Gasteiger partial charge >= 0.3 is 6.03 Å². The fourth-order valence-corrected chi connectivity index (χ4v) is 3.88. The smallest absolute Gasteiger partial charge is 0.326 e. The Morgan fingerprint density at radius 1 is 0.872 bits per heavy atom. The van der Waals surface area contributed by atoms with Gasteiger partial charge in [0.25, 0.3) is 17.5 Å². The molecule has 0 bridgehead atoms. The number of aryl methyl sites for hydroxylation is 1. The minimum atomic E-state index is -0.946. The van der Waals surface area contributed by atoms with Crippen LogP contribution in [-0.4, -0.2) is 33.7 Å². The van der Waals surface area contributed by atoms with Gasteiger partial charge in [-0.25, -0.2) is 4.79 Å². The molecule has 11 nitrogen and oxygen atoms in total. The molecule has 4 aromatic carbocycles. The van der Waals surface area contributed by atoms with Crippen molar-refractivity contribution >= 4 is 51.5 Å². The van der Waals surface area contributed by atoms with Crippen LogP contribution in [0.25, 0.3) is 10.8 Å². The Bertz CT molecular complexity index is 1650. The Morgan fingerprint density at radius 3 is 2.33 bits per heavy atom. The van der Waals surface area contributed by atoms with E-state index in [1.807, 2.05) is 0 Å². The van der Waals surface area contributed by atoms with Crippen LogP contribution in [0.5, 0.6) is 5.75 Å². The van der Waals surface area contributed by atoms with E-state index >= 15 is 0 Å². The summed E-state index contributed by atoms with van der Waals surface area (Å²) in [7, 11) is 0. The van der Waals surface area contributed by atoms with Crippen molar-refractivity contribution in [3.8, 4) is 5.75 Å². The number of amides is 4. The SMILES string of the molecule is Cc1c(O)ccc2cc(C(=O)NC(=O)Nc3cccc(CC(=O)C(=O)Nc4cccc([N+](=O)[O-])c4)c3)ccc12. The largest absolute Gasteiger partial charge is 0.508 e. The Hall–Kier alpha value is -5.58. The third kappa shape index (κ3) is 6.41. The summed E-state index contributed by atoms with van der Waals surface area (Å²) in [6.45, 7) is 1.76. The molecule has 0 saturated carbocycles. The molecule has 39 heavy (non-hydrogen) atoms. The molecular formula is C28H22N4O7. The summed E-state index contributed by atoms with van der Waals surface area (Å²) in [4.78, 5) is 60.0. The first-order valence-electron chi connectivity index (χ1n) is 11.6. The van der Waals surface area contributed by atoms with Gasteiger partial charge in [-0.3, -0.25) is 29.8 Å². The van der Waals surface area contributed by atoms with E-state index in [4.69, 9.17) is 0 Å². The van der Waals surface area contributed by atoms with Crippen LogP contribution in [-0.2, 0) is 16.0 Å². The van der Waals surface area contributed by atoms with Gasteiger partial charge in [0.2, 0.25) is 5.78 Å². The molecule has 0 aliphatic heterocycles. The van der Waals surface area contributed by atoms with Crippen LogP contribution in [0.1, 0.15) is 21.5 Å². The first-order valence-corrected chi connectivity index (χ1v) is 11.6. The van der Waals surface area contributed by atoms with Crippen molar-refractivity contribution in [2.45, 2.75) is 13.3 Å². The fourth-order valence-electron chi connectivity index (χ4n) is 3.88. The van der Waals surface area contributed by atoms with Crippen LogP contribution in [0.15, 0.2) is 78.9 Å². The molecule has 0 aliphatic rings. The number of Topliss-reactive ketones (excluding diaryl/α,β-unsaturated/α-hetero) is 1. The van der Waals surface area contributed by atoms with E-state index in [-0.39, 0.29) is 34.8 Å². The van der Waals surface area contributed by atoms with E-state index < -0.39 is 28.6 Å². The van der Waals surface area contributed by atoms with Gasteiger partial charge in [0, 0.05) is 35.5 Å². The van der Waals surface area contributed by atoms with Gasteiger partial charge in [0.1, 0.15) is 5.75 Å². The number of non-ortho nitro benzene ring substituents is 1. The second kappa shape index (κ2) is 11.2. The van der Waals surface area contributed by atoms with Crippen molar-refractivity contribution in [1.82, 2.24) is 5.32 Å². The highest BCUT2D eigenvalue weighted by Crippen LogP contribution is 2.27. The number of urea groups is 1. The number of nitro benzene ring substituents is 1. The van der Waals surface area contributed by atoms with E-state index in [0.717, 1.165) is 16.8 Å². The molecule has 11 heteroatoms. The Balaban J connectivity index is 1.36. The van der Waals surface area contributed by atoms with Crippen LogP contribution < -0.4 is 16.0 Å². The van der Waals surface area contributed by atoms with Gasteiger partial charge in [-0.2, -0.15) is 0 Å². The number of fused-ring (bicyclic) bond motifs is 1. The molecule has 0 spiro atoms. The van der Waals surface area contributed by atoms with Gasteiger partial charge in [-0.1, -0.05) is 30.3 Å². The van der Waals surface area contributed by atoms with Gasteiger partial charge in [0.15, 0.2) is 0 Å². The minimum Gasteiger partial charge on any atom is -0.508 e. The highest BCUT2D eigenvalue weighted by molar-refractivity contribution is 6.41. The number of benzene rings is 4. The lowest BCUT2D eigenvalue weighted by Gasteiger charge is -2.10. The number of carbonyl (C=O) groups excluding carboxylic acids is 4. The van der Waals surface area contributed by atoms with Crippen molar-refractivity contribution in [3.05, 3.63) is 106 Å². The molecule has 0 unspecified atom stereocenters. The van der Waals surface area contributed by atoms with E-state index in [1.165, 1.54) is 30.3 Å². The highest BCUT2D eigenvalue weighted by atomic mass is 16.6. The average Bonchev–Trinajstić information content (AvgIpc) is 2.90. The van der Waals surface area contributed by atoms with E-state index in [2.05, 4.69) is 16.0 Å². The molecule has 0 radical (unpaired) electrons. The second-order valence-corrected chi connectivity index (χ2v) is 8.62. The summed E-state index contributed by atoms with van der Waals surface area (Å²) in [5, 5.41) is 29.3. The molecule has 0 aromatic heterocycles. The molecule has 0 aliphatic carbocycles. The number of aromatic hydroxyl groups is 1. The number of nitrogens with zero attached hydrogens (tertiary/aromatic N) is 1. The Labute approximate surface area is 221 Å². The molecule has 0 fully saturated rings. The summed E-state index contributed by atoms with van der Waals surface area (Å²) in [6.07, 6.45) is -0.289. The van der Waals surface area contributed by atoms with E-state index in [1.54, 1.807) is 49.4 Å². The topological polar surface area (TPSA) is 168 Å². The molecule has 0 atom stereocenters. The predicted molar refractivity (Wildman–Crippen MR) is 144 cm³/mol. The van der Waals surface area contributed by atoms with Crippen LogP contribution in [0.2, 0.25) is 0 Å². The van der Waals surface area contributed by atoms with E-state index in [0.29, 0.717) is 11.1 Å². The van der Waals surface area contributed by atoms with Crippen molar-refractivity contribution in [3.63, 3.8) is 0 Å². The number of hydrogen-bond acceptors (Lipinski definition) is 7. The maximum Gasteiger partial charge on any atom is 0.326 e. The number of anilines is 2. The lowest BCUT2D eigenvalue weighted by atomic mass is 10.0. The molecule has 196 valence electrons. The molecule has 4 aromatic rings. The number of nitrogens with one attached hydrogen (secondary N) is 3. The summed E-state index contributed by atoms with van der Waals surface area (Å²) >= 11 is 0. The van der Waals surface area contributed by atoms with Gasteiger partial charge < -0.3 is 15.7 Å². The second-order valence-electron chi connectivity index (χ2n) is 8.62. The Morgan fingerprint density at radius 2 is 1.59 bits per heavy atom. The van der Waals surface area contributed by atoms with Crippen molar-refractivity contribution in [2.24, 2.45) is 0 Å².